The van der Waals surface area contributed by atoms with Gasteiger partial charge in [-0.1, -0.05) is 30.3 Å². The van der Waals surface area contributed by atoms with Crippen molar-refractivity contribution in [3.05, 3.63) is 65.7 Å². The molecule has 144 valence electrons. The van der Waals surface area contributed by atoms with Gasteiger partial charge in [0.2, 0.25) is 11.8 Å². The first-order chi connectivity index (χ1) is 13.5. The summed E-state index contributed by atoms with van der Waals surface area (Å²) < 4.78 is 0. The van der Waals surface area contributed by atoms with Crippen molar-refractivity contribution in [1.82, 2.24) is 10.6 Å². The molecule has 0 saturated carbocycles. The Morgan fingerprint density at radius 2 is 1.71 bits per heavy atom. The number of amides is 3. The lowest BCUT2D eigenvalue weighted by Crippen LogP contribution is -2.48. The quantitative estimate of drug-likeness (QED) is 0.610. The predicted octanol–water partition coefficient (Wildman–Crippen LogP) is 2.02. The van der Waals surface area contributed by atoms with Crippen molar-refractivity contribution < 1.29 is 14.4 Å². The van der Waals surface area contributed by atoms with Gasteiger partial charge < -0.3 is 16.0 Å². The zero-order chi connectivity index (χ0) is 20.4. The standard InChI is InChI=1S/C21H22N4O3/c1-15(26)24-18-10-8-17(9-11-18)20(27)25-19(21(28)23-13-5-12-22)14-16-6-3-2-4-7-16/h2-4,6-11,19H,5,13-14H2,1H3,(H,23,28)(H,24,26)(H,25,27). The summed E-state index contributed by atoms with van der Waals surface area (Å²) in [6.45, 7) is 1.63. The molecule has 0 spiro atoms. The van der Waals surface area contributed by atoms with Gasteiger partial charge in [0.1, 0.15) is 6.04 Å². The fraction of sp³-hybridized carbons (Fsp3) is 0.238. The lowest BCUT2D eigenvalue weighted by atomic mass is 10.0. The fourth-order valence-corrected chi connectivity index (χ4v) is 2.57. The molecule has 0 radical (unpaired) electrons. The lowest BCUT2D eigenvalue weighted by molar-refractivity contribution is -0.123. The molecule has 0 aromatic heterocycles. The molecule has 28 heavy (non-hydrogen) atoms. The summed E-state index contributed by atoms with van der Waals surface area (Å²) in [4.78, 5) is 36.1. The minimum Gasteiger partial charge on any atom is -0.353 e. The molecule has 0 fully saturated rings. The highest BCUT2D eigenvalue weighted by Crippen LogP contribution is 2.10. The van der Waals surface area contributed by atoms with E-state index in [1.54, 1.807) is 24.3 Å². The van der Waals surface area contributed by atoms with Crippen molar-refractivity contribution in [3.8, 4) is 6.07 Å². The van der Waals surface area contributed by atoms with E-state index in [2.05, 4.69) is 16.0 Å². The van der Waals surface area contributed by atoms with Crippen LogP contribution in [-0.4, -0.2) is 30.3 Å². The molecular weight excluding hydrogens is 356 g/mol. The number of hydrogen-bond donors (Lipinski definition) is 3. The highest BCUT2D eigenvalue weighted by molar-refractivity contribution is 5.98. The van der Waals surface area contributed by atoms with E-state index in [9.17, 15) is 14.4 Å². The Bertz CT molecular complexity index is 857. The van der Waals surface area contributed by atoms with E-state index in [4.69, 9.17) is 5.26 Å². The van der Waals surface area contributed by atoms with Gasteiger partial charge in [0.15, 0.2) is 0 Å². The van der Waals surface area contributed by atoms with Crippen LogP contribution in [0.3, 0.4) is 0 Å². The van der Waals surface area contributed by atoms with Gasteiger partial charge in [-0.3, -0.25) is 14.4 Å². The van der Waals surface area contributed by atoms with Crippen LogP contribution < -0.4 is 16.0 Å². The van der Waals surface area contributed by atoms with Gasteiger partial charge in [-0.25, -0.2) is 0 Å². The molecule has 2 aromatic rings. The molecule has 0 bridgehead atoms. The van der Waals surface area contributed by atoms with E-state index in [1.165, 1.54) is 6.92 Å². The molecule has 0 aliphatic carbocycles. The van der Waals surface area contributed by atoms with Crippen LogP contribution in [-0.2, 0) is 16.0 Å². The smallest absolute Gasteiger partial charge is 0.251 e. The second-order valence-electron chi connectivity index (χ2n) is 6.17. The molecule has 0 saturated heterocycles. The molecule has 0 aliphatic rings. The van der Waals surface area contributed by atoms with Crippen LogP contribution >= 0.6 is 0 Å². The predicted molar refractivity (Wildman–Crippen MR) is 105 cm³/mol. The number of carbonyl (C=O) groups is 3. The first-order valence-corrected chi connectivity index (χ1v) is 8.86. The zero-order valence-corrected chi connectivity index (χ0v) is 15.6. The third-order valence-corrected chi connectivity index (χ3v) is 3.91. The van der Waals surface area contributed by atoms with Crippen molar-refractivity contribution in [3.63, 3.8) is 0 Å². The zero-order valence-electron chi connectivity index (χ0n) is 15.6. The maximum absolute atomic E-state index is 12.6. The maximum atomic E-state index is 12.6. The van der Waals surface area contributed by atoms with Crippen LogP contribution in [0.25, 0.3) is 0 Å². The molecule has 7 heteroatoms. The van der Waals surface area contributed by atoms with Crippen molar-refractivity contribution in [2.45, 2.75) is 25.8 Å². The highest BCUT2D eigenvalue weighted by Gasteiger charge is 2.21. The SMILES string of the molecule is CC(=O)Nc1ccc(C(=O)NC(Cc2ccccc2)C(=O)NCCC#N)cc1. The second kappa shape index (κ2) is 10.5. The summed E-state index contributed by atoms with van der Waals surface area (Å²) in [7, 11) is 0. The van der Waals surface area contributed by atoms with Gasteiger partial charge in [0.25, 0.3) is 5.91 Å². The van der Waals surface area contributed by atoms with Gasteiger partial charge in [-0.15, -0.1) is 0 Å². The topological polar surface area (TPSA) is 111 Å². The van der Waals surface area contributed by atoms with Crippen molar-refractivity contribution >= 4 is 23.4 Å². The second-order valence-corrected chi connectivity index (χ2v) is 6.17. The van der Waals surface area contributed by atoms with Crippen LogP contribution in [0, 0.1) is 11.3 Å². The molecule has 1 atom stereocenters. The summed E-state index contributed by atoms with van der Waals surface area (Å²) >= 11 is 0. The Morgan fingerprint density at radius 1 is 1.04 bits per heavy atom. The van der Waals surface area contributed by atoms with E-state index < -0.39 is 11.9 Å². The number of rotatable bonds is 8. The van der Waals surface area contributed by atoms with E-state index in [0.29, 0.717) is 17.7 Å². The van der Waals surface area contributed by atoms with Crippen molar-refractivity contribution in [2.75, 3.05) is 11.9 Å². The Balaban J connectivity index is 2.09. The molecule has 1 unspecified atom stereocenters. The molecule has 0 heterocycles. The largest absolute Gasteiger partial charge is 0.353 e. The maximum Gasteiger partial charge on any atom is 0.251 e. The molecule has 3 N–H and O–H groups in total. The van der Waals surface area contributed by atoms with Gasteiger partial charge >= 0.3 is 0 Å². The average Bonchev–Trinajstić information content (AvgIpc) is 2.68. The number of nitrogens with zero attached hydrogens (tertiary/aromatic N) is 1. The Labute approximate surface area is 163 Å². The molecule has 3 amide bonds. The number of benzene rings is 2. The van der Waals surface area contributed by atoms with Crippen LogP contribution in [0.15, 0.2) is 54.6 Å². The Hall–Kier alpha value is -3.66. The van der Waals surface area contributed by atoms with Crippen LogP contribution in [0.4, 0.5) is 5.69 Å². The minimum absolute atomic E-state index is 0.197. The summed E-state index contributed by atoms with van der Waals surface area (Å²) in [5.74, 6) is -0.942. The number of carbonyl (C=O) groups excluding carboxylic acids is 3. The Morgan fingerprint density at radius 3 is 2.32 bits per heavy atom. The molecule has 0 aliphatic heterocycles. The van der Waals surface area contributed by atoms with Gasteiger partial charge in [-0.2, -0.15) is 5.26 Å². The van der Waals surface area contributed by atoms with Crippen molar-refractivity contribution in [1.29, 1.82) is 5.26 Å². The molecular formula is C21H22N4O3. The molecule has 2 aromatic carbocycles. The van der Waals surface area contributed by atoms with E-state index in [0.717, 1.165) is 5.56 Å². The van der Waals surface area contributed by atoms with Gasteiger partial charge in [0, 0.05) is 31.1 Å². The number of hydrogen-bond acceptors (Lipinski definition) is 4. The number of nitrogens with one attached hydrogen (secondary N) is 3. The van der Waals surface area contributed by atoms with Gasteiger partial charge in [0.05, 0.1) is 12.5 Å². The highest BCUT2D eigenvalue weighted by atomic mass is 16.2. The summed E-state index contributed by atoms with van der Waals surface area (Å²) in [6.07, 6.45) is 0.525. The summed E-state index contributed by atoms with van der Waals surface area (Å²) in [6, 6.07) is 16.9. The van der Waals surface area contributed by atoms with E-state index >= 15 is 0 Å². The van der Waals surface area contributed by atoms with E-state index in [-0.39, 0.29) is 24.8 Å². The Kier molecular flexibility index (Phi) is 7.73. The average molecular weight is 378 g/mol. The summed E-state index contributed by atoms with van der Waals surface area (Å²) in [5.41, 5.74) is 1.86. The van der Waals surface area contributed by atoms with E-state index in [1.807, 2.05) is 36.4 Å². The first kappa shape index (κ1) is 20.6. The number of nitriles is 1. The van der Waals surface area contributed by atoms with Crippen molar-refractivity contribution in [2.24, 2.45) is 0 Å². The molecule has 7 nitrogen and oxygen atoms in total. The van der Waals surface area contributed by atoms with Gasteiger partial charge in [-0.05, 0) is 29.8 Å². The first-order valence-electron chi connectivity index (χ1n) is 8.86. The third kappa shape index (κ3) is 6.57. The van der Waals surface area contributed by atoms with Crippen LogP contribution in [0.2, 0.25) is 0 Å². The summed E-state index contributed by atoms with van der Waals surface area (Å²) in [5, 5.41) is 16.7. The number of anilines is 1. The monoisotopic (exact) mass is 378 g/mol. The van der Waals surface area contributed by atoms with Crippen LogP contribution in [0.5, 0.6) is 0 Å². The van der Waals surface area contributed by atoms with Crippen LogP contribution in [0.1, 0.15) is 29.3 Å². The molecule has 2 rings (SSSR count). The fourth-order valence-electron chi connectivity index (χ4n) is 2.57. The normalized spacial score (nSPS) is 11.0. The third-order valence-electron chi connectivity index (χ3n) is 3.91. The minimum atomic E-state index is -0.774. The lowest BCUT2D eigenvalue weighted by Gasteiger charge is -2.18.